The largest absolute Gasteiger partial charge is 0.385 e. The number of nitrogens with zero attached hydrogens (tertiary/aromatic N) is 1. The fraction of sp³-hybridized carbons (Fsp3) is 0.417. The number of morpholine rings is 1. The Morgan fingerprint density at radius 1 is 1.04 bits per heavy atom. The molecule has 0 aromatic heterocycles. The van der Waals surface area contributed by atoms with Gasteiger partial charge < -0.3 is 9.47 Å². The molecule has 1 unspecified atom stereocenters. The minimum absolute atomic E-state index is 0.801. The molecule has 0 saturated carbocycles. The summed E-state index contributed by atoms with van der Waals surface area (Å²) < 4.78 is 11.3. The van der Waals surface area contributed by atoms with Gasteiger partial charge in [0.15, 0.2) is 0 Å². The molecular formula is C24H33NO2Si. The Labute approximate surface area is 171 Å². The molecule has 150 valence electrons. The lowest BCUT2D eigenvalue weighted by Gasteiger charge is -2.27. The molecule has 1 aliphatic rings. The molecule has 0 amide bonds. The maximum Gasteiger partial charge on any atom is 0.100 e. The van der Waals surface area contributed by atoms with Crippen LogP contribution in [0.1, 0.15) is 24.5 Å². The van der Waals surface area contributed by atoms with E-state index >= 15 is 0 Å². The van der Waals surface area contributed by atoms with Crippen LogP contribution in [0.15, 0.2) is 61.2 Å². The van der Waals surface area contributed by atoms with Gasteiger partial charge in [0.05, 0.1) is 13.2 Å². The quantitative estimate of drug-likeness (QED) is 0.575. The van der Waals surface area contributed by atoms with E-state index in [1.165, 1.54) is 35.3 Å². The highest BCUT2D eigenvalue weighted by molar-refractivity contribution is 6.73. The minimum atomic E-state index is -1.12. The Hall–Kier alpha value is -1.72. The number of benzene rings is 2. The van der Waals surface area contributed by atoms with Gasteiger partial charge in [-0.2, -0.15) is 0 Å². The van der Waals surface area contributed by atoms with Gasteiger partial charge in [-0.3, -0.25) is 4.90 Å². The fourth-order valence-corrected chi connectivity index (χ4v) is 6.38. The second kappa shape index (κ2) is 11.3. The first kappa shape index (κ1) is 21.0. The Morgan fingerprint density at radius 3 is 2.39 bits per heavy atom. The third-order valence-electron chi connectivity index (χ3n) is 5.51. The molecule has 0 aliphatic carbocycles. The van der Waals surface area contributed by atoms with Crippen LogP contribution in [0.3, 0.4) is 0 Å². The van der Waals surface area contributed by atoms with Crippen LogP contribution in [-0.4, -0.2) is 59.4 Å². The highest BCUT2D eigenvalue weighted by atomic mass is 28.3. The second-order valence-electron chi connectivity index (χ2n) is 7.42. The Morgan fingerprint density at radius 2 is 1.71 bits per heavy atom. The van der Waals surface area contributed by atoms with Gasteiger partial charge in [0.2, 0.25) is 0 Å². The molecule has 2 aromatic carbocycles. The summed E-state index contributed by atoms with van der Waals surface area (Å²) >= 11 is 0. The van der Waals surface area contributed by atoms with Crippen molar-refractivity contribution in [2.24, 2.45) is 0 Å². The Kier molecular flexibility index (Phi) is 8.49. The number of ether oxygens (including phenoxy) is 2. The molecule has 3 rings (SSSR count). The summed E-state index contributed by atoms with van der Waals surface area (Å²) in [6.07, 6.45) is 2.18. The second-order valence-corrected chi connectivity index (χ2v) is 10.4. The number of hydrogen-bond donors (Lipinski definition) is 0. The maximum absolute atomic E-state index is 5.85. The van der Waals surface area contributed by atoms with Crippen LogP contribution in [0.4, 0.5) is 0 Å². The SMILES string of the molecule is C=C(c1ccccc1)c1ccc([SiH](CCCN2CCOCC2)COCC)cc1. The van der Waals surface area contributed by atoms with Crippen molar-refractivity contribution < 1.29 is 9.47 Å². The van der Waals surface area contributed by atoms with E-state index < -0.39 is 8.80 Å². The molecule has 28 heavy (non-hydrogen) atoms. The van der Waals surface area contributed by atoms with Gasteiger partial charge in [-0.05, 0) is 36.6 Å². The molecular weight excluding hydrogens is 362 g/mol. The molecule has 2 aromatic rings. The van der Waals surface area contributed by atoms with Gasteiger partial charge in [0.1, 0.15) is 8.80 Å². The van der Waals surface area contributed by atoms with Crippen molar-refractivity contribution in [2.45, 2.75) is 19.4 Å². The normalized spacial score (nSPS) is 16.0. The Bertz CT molecular complexity index is 711. The summed E-state index contributed by atoms with van der Waals surface area (Å²) in [6, 6.07) is 20.8. The minimum Gasteiger partial charge on any atom is -0.385 e. The van der Waals surface area contributed by atoms with Gasteiger partial charge in [-0.15, -0.1) is 0 Å². The molecule has 1 heterocycles. The maximum atomic E-state index is 5.85. The van der Waals surface area contributed by atoms with E-state index in [0.29, 0.717) is 0 Å². The molecule has 1 aliphatic heterocycles. The van der Waals surface area contributed by atoms with Crippen LogP contribution in [0.25, 0.3) is 5.57 Å². The molecule has 0 spiro atoms. The van der Waals surface area contributed by atoms with E-state index in [2.05, 4.69) is 66.9 Å². The fourth-order valence-electron chi connectivity index (χ4n) is 3.75. The molecule has 0 bridgehead atoms. The lowest BCUT2D eigenvalue weighted by atomic mass is 10.00. The van der Waals surface area contributed by atoms with Crippen LogP contribution < -0.4 is 5.19 Å². The standard InChI is InChI=1S/C24H33NO2Si/c1-3-26-20-28(19-7-14-25-15-17-27-18-16-25)24-12-10-23(11-13-24)21(2)22-8-5-4-6-9-22/h4-6,8-13,28H,2-3,7,14-20H2,1H3. The van der Waals surface area contributed by atoms with Crippen molar-refractivity contribution in [1.29, 1.82) is 0 Å². The zero-order valence-electron chi connectivity index (χ0n) is 17.1. The van der Waals surface area contributed by atoms with Crippen LogP contribution in [-0.2, 0) is 9.47 Å². The van der Waals surface area contributed by atoms with Crippen LogP contribution in [0.5, 0.6) is 0 Å². The lowest BCUT2D eigenvalue weighted by Crippen LogP contribution is -2.39. The molecule has 1 fully saturated rings. The van der Waals surface area contributed by atoms with Crippen molar-refractivity contribution in [1.82, 2.24) is 4.90 Å². The molecule has 0 N–H and O–H groups in total. The van der Waals surface area contributed by atoms with Crippen LogP contribution in [0, 0.1) is 0 Å². The first-order valence-corrected chi connectivity index (χ1v) is 12.7. The first-order valence-electron chi connectivity index (χ1n) is 10.5. The highest BCUT2D eigenvalue weighted by Gasteiger charge is 2.16. The molecule has 3 nitrogen and oxygen atoms in total. The van der Waals surface area contributed by atoms with Gasteiger partial charge in [0.25, 0.3) is 0 Å². The van der Waals surface area contributed by atoms with E-state index in [0.717, 1.165) is 44.7 Å². The highest BCUT2D eigenvalue weighted by Crippen LogP contribution is 2.20. The average Bonchev–Trinajstić information content (AvgIpc) is 2.77. The summed E-state index contributed by atoms with van der Waals surface area (Å²) in [6.45, 7) is 12.3. The summed E-state index contributed by atoms with van der Waals surface area (Å²) in [4.78, 5) is 2.53. The van der Waals surface area contributed by atoms with E-state index in [-0.39, 0.29) is 0 Å². The predicted molar refractivity (Wildman–Crippen MR) is 121 cm³/mol. The van der Waals surface area contributed by atoms with E-state index in [9.17, 15) is 0 Å². The van der Waals surface area contributed by atoms with Crippen molar-refractivity contribution in [3.8, 4) is 0 Å². The zero-order chi connectivity index (χ0) is 19.6. The predicted octanol–water partition coefficient (Wildman–Crippen LogP) is 3.48. The average molecular weight is 396 g/mol. The third kappa shape index (κ3) is 6.14. The lowest BCUT2D eigenvalue weighted by molar-refractivity contribution is 0.0379. The molecule has 4 heteroatoms. The summed E-state index contributed by atoms with van der Waals surface area (Å²) in [5.74, 6) is 0. The van der Waals surface area contributed by atoms with Gasteiger partial charge in [0, 0.05) is 25.9 Å². The van der Waals surface area contributed by atoms with Crippen molar-refractivity contribution in [3.63, 3.8) is 0 Å². The topological polar surface area (TPSA) is 21.7 Å². The molecule has 1 atom stereocenters. The van der Waals surface area contributed by atoms with Crippen molar-refractivity contribution in [2.75, 3.05) is 45.7 Å². The van der Waals surface area contributed by atoms with Gasteiger partial charge in [-0.1, -0.05) is 72.4 Å². The van der Waals surface area contributed by atoms with E-state index in [1.807, 2.05) is 6.07 Å². The van der Waals surface area contributed by atoms with Crippen LogP contribution in [0.2, 0.25) is 6.04 Å². The monoisotopic (exact) mass is 395 g/mol. The van der Waals surface area contributed by atoms with Gasteiger partial charge >= 0.3 is 0 Å². The van der Waals surface area contributed by atoms with Gasteiger partial charge in [-0.25, -0.2) is 0 Å². The zero-order valence-corrected chi connectivity index (χ0v) is 18.3. The van der Waals surface area contributed by atoms with Crippen molar-refractivity contribution in [3.05, 3.63) is 72.3 Å². The molecule has 0 radical (unpaired) electrons. The summed E-state index contributed by atoms with van der Waals surface area (Å²) in [7, 11) is -1.12. The Balaban J connectivity index is 1.60. The third-order valence-corrected chi connectivity index (χ3v) is 8.58. The summed E-state index contributed by atoms with van der Waals surface area (Å²) in [5.41, 5.74) is 3.47. The van der Waals surface area contributed by atoms with E-state index in [4.69, 9.17) is 9.47 Å². The number of hydrogen-bond acceptors (Lipinski definition) is 3. The van der Waals surface area contributed by atoms with E-state index in [1.54, 1.807) is 0 Å². The number of rotatable bonds is 10. The first-order chi connectivity index (χ1) is 13.8. The smallest absolute Gasteiger partial charge is 0.100 e. The molecule has 1 saturated heterocycles. The van der Waals surface area contributed by atoms with Crippen LogP contribution >= 0.6 is 0 Å². The van der Waals surface area contributed by atoms with Crippen molar-refractivity contribution >= 4 is 19.6 Å². The summed E-state index contributed by atoms with van der Waals surface area (Å²) in [5, 5.41) is 1.50.